The van der Waals surface area contributed by atoms with Crippen LogP contribution < -0.4 is 4.31 Å². The first-order chi connectivity index (χ1) is 12.6. The summed E-state index contributed by atoms with van der Waals surface area (Å²) in [4.78, 5) is 27.7. The predicted octanol–water partition coefficient (Wildman–Crippen LogP) is 1.80. The highest BCUT2D eigenvalue weighted by Gasteiger charge is 2.34. The number of nitrogens with zero attached hydrogens (tertiary/aromatic N) is 3. The molecule has 1 aromatic carbocycles. The van der Waals surface area contributed by atoms with Crippen molar-refractivity contribution in [2.24, 2.45) is 0 Å². The largest absolute Gasteiger partial charge is 0.450 e. The van der Waals surface area contributed by atoms with Gasteiger partial charge in [0.25, 0.3) is 0 Å². The van der Waals surface area contributed by atoms with Crippen molar-refractivity contribution in [3.8, 4) is 0 Å². The highest BCUT2D eigenvalue weighted by Crippen LogP contribution is 2.24. The number of hydrogen-bond acceptors (Lipinski definition) is 5. The van der Waals surface area contributed by atoms with E-state index in [1.54, 1.807) is 43.0 Å². The van der Waals surface area contributed by atoms with Crippen molar-refractivity contribution in [3.63, 3.8) is 0 Å². The number of benzene rings is 1. The number of carbonyl (C=O) groups excluding carboxylic acids is 2. The molecule has 1 atom stereocenters. The number of rotatable bonds is 5. The Labute approximate surface area is 164 Å². The summed E-state index contributed by atoms with van der Waals surface area (Å²) in [5, 5.41) is 0.473. The van der Waals surface area contributed by atoms with Crippen molar-refractivity contribution in [1.82, 2.24) is 9.80 Å². The first kappa shape index (κ1) is 21.3. The van der Waals surface area contributed by atoms with E-state index in [0.29, 0.717) is 43.5 Å². The van der Waals surface area contributed by atoms with Gasteiger partial charge in [0.05, 0.1) is 18.6 Å². The number of amides is 2. The molecular weight excluding hydrogens is 394 g/mol. The van der Waals surface area contributed by atoms with Crippen LogP contribution in [-0.2, 0) is 19.6 Å². The molecule has 1 aliphatic heterocycles. The molecule has 0 radical (unpaired) electrons. The number of halogens is 1. The Kier molecular flexibility index (Phi) is 6.94. The average Bonchev–Trinajstić information content (AvgIpc) is 2.62. The van der Waals surface area contributed by atoms with Crippen LogP contribution in [-0.4, -0.2) is 75.3 Å². The first-order valence-corrected chi connectivity index (χ1v) is 10.8. The van der Waals surface area contributed by atoms with Crippen LogP contribution in [0, 0.1) is 0 Å². The van der Waals surface area contributed by atoms with E-state index >= 15 is 0 Å². The van der Waals surface area contributed by atoms with E-state index < -0.39 is 22.2 Å². The Balaban J connectivity index is 2.12. The fourth-order valence-corrected chi connectivity index (χ4v) is 4.27. The Morgan fingerprint density at radius 2 is 1.67 bits per heavy atom. The van der Waals surface area contributed by atoms with E-state index in [0.717, 1.165) is 10.6 Å². The van der Waals surface area contributed by atoms with Gasteiger partial charge in [0.15, 0.2) is 0 Å². The van der Waals surface area contributed by atoms with Crippen molar-refractivity contribution < 1.29 is 22.7 Å². The maximum atomic E-state index is 12.9. The molecule has 0 aliphatic carbocycles. The van der Waals surface area contributed by atoms with Crippen LogP contribution in [0.25, 0.3) is 0 Å². The summed E-state index contributed by atoms with van der Waals surface area (Å²) < 4.78 is 30.7. The fraction of sp³-hybridized carbons (Fsp3) is 0.529. The average molecular weight is 418 g/mol. The summed E-state index contributed by atoms with van der Waals surface area (Å²) in [6.45, 7) is 4.90. The van der Waals surface area contributed by atoms with Gasteiger partial charge in [-0.15, -0.1) is 0 Å². The van der Waals surface area contributed by atoms with Crippen LogP contribution in [0.2, 0.25) is 5.02 Å². The van der Waals surface area contributed by atoms with Crippen LogP contribution in [0.3, 0.4) is 0 Å². The molecule has 0 saturated carbocycles. The number of piperazine rings is 1. The van der Waals surface area contributed by atoms with Crippen molar-refractivity contribution in [2.75, 3.05) is 43.3 Å². The molecule has 1 aliphatic rings. The SMILES string of the molecule is CCOC(=O)N1CCN(C(=O)[C@H](C)N(c2ccc(Cl)cc2)S(C)(=O)=O)CC1. The summed E-state index contributed by atoms with van der Waals surface area (Å²) in [7, 11) is -3.69. The van der Waals surface area contributed by atoms with Gasteiger partial charge in [0.1, 0.15) is 6.04 Å². The van der Waals surface area contributed by atoms with Gasteiger partial charge in [-0.3, -0.25) is 9.10 Å². The molecule has 0 unspecified atom stereocenters. The third-order valence-electron chi connectivity index (χ3n) is 4.26. The van der Waals surface area contributed by atoms with Crippen LogP contribution in [0.1, 0.15) is 13.8 Å². The Bertz CT molecular complexity index is 776. The zero-order valence-corrected chi connectivity index (χ0v) is 17.2. The minimum absolute atomic E-state index is 0.291. The van der Waals surface area contributed by atoms with Crippen molar-refractivity contribution in [3.05, 3.63) is 29.3 Å². The predicted molar refractivity (Wildman–Crippen MR) is 103 cm³/mol. The lowest BCUT2D eigenvalue weighted by atomic mass is 10.2. The molecule has 150 valence electrons. The van der Waals surface area contributed by atoms with Crippen LogP contribution in [0.4, 0.5) is 10.5 Å². The van der Waals surface area contributed by atoms with Gasteiger partial charge < -0.3 is 14.5 Å². The minimum Gasteiger partial charge on any atom is -0.450 e. The van der Waals surface area contributed by atoms with Crippen molar-refractivity contribution in [2.45, 2.75) is 19.9 Å². The maximum Gasteiger partial charge on any atom is 0.409 e. The summed E-state index contributed by atoms with van der Waals surface area (Å²) >= 11 is 5.87. The van der Waals surface area contributed by atoms with Crippen LogP contribution >= 0.6 is 11.6 Å². The Morgan fingerprint density at radius 1 is 1.15 bits per heavy atom. The van der Waals surface area contributed by atoms with Gasteiger partial charge in [-0.05, 0) is 38.1 Å². The smallest absolute Gasteiger partial charge is 0.409 e. The molecule has 1 saturated heterocycles. The van der Waals surface area contributed by atoms with Crippen molar-refractivity contribution >= 4 is 39.3 Å². The number of ether oxygens (including phenoxy) is 1. The number of carbonyl (C=O) groups is 2. The highest BCUT2D eigenvalue weighted by molar-refractivity contribution is 7.92. The number of sulfonamides is 1. The molecule has 0 spiro atoms. The minimum atomic E-state index is -3.69. The van der Waals surface area contributed by atoms with Gasteiger partial charge in [-0.2, -0.15) is 0 Å². The molecule has 27 heavy (non-hydrogen) atoms. The molecule has 2 amide bonds. The van der Waals surface area contributed by atoms with Gasteiger partial charge in [0, 0.05) is 31.2 Å². The van der Waals surface area contributed by atoms with Gasteiger partial charge in [-0.1, -0.05) is 11.6 Å². The highest BCUT2D eigenvalue weighted by atomic mass is 35.5. The third-order valence-corrected chi connectivity index (χ3v) is 5.76. The lowest BCUT2D eigenvalue weighted by Gasteiger charge is -2.37. The Morgan fingerprint density at radius 3 is 2.15 bits per heavy atom. The van der Waals surface area contributed by atoms with E-state index in [2.05, 4.69) is 0 Å². The zero-order chi connectivity index (χ0) is 20.2. The second-order valence-corrected chi connectivity index (χ2v) is 8.52. The molecule has 2 rings (SSSR count). The molecule has 1 heterocycles. The fourth-order valence-electron chi connectivity index (χ4n) is 2.98. The summed E-state index contributed by atoms with van der Waals surface area (Å²) in [6, 6.07) is 5.35. The van der Waals surface area contributed by atoms with Crippen LogP contribution in [0.5, 0.6) is 0 Å². The molecule has 1 aromatic rings. The van der Waals surface area contributed by atoms with Crippen molar-refractivity contribution in [1.29, 1.82) is 0 Å². The monoisotopic (exact) mass is 417 g/mol. The normalized spacial score (nSPS) is 16.0. The lowest BCUT2D eigenvalue weighted by molar-refractivity contribution is -0.133. The van der Waals surface area contributed by atoms with E-state index in [9.17, 15) is 18.0 Å². The summed E-state index contributed by atoms with van der Waals surface area (Å²) in [5.74, 6) is -0.320. The molecule has 0 aromatic heterocycles. The van der Waals surface area contributed by atoms with E-state index in [1.165, 1.54) is 4.90 Å². The molecule has 0 bridgehead atoms. The third kappa shape index (κ3) is 5.26. The Hall–Kier alpha value is -2.00. The first-order valence-electron chi connectivity index (χ1n) is 8.60. The molecule has 1 fully saturated rings. The molecule has 10 heteroatoms. The number of hydrogen-bond donors (Lipinski definition) is 0. The second kappa shape index (κ2) is 8.79. The quantitative estimate of drug-likeness (QED) is 0.728. The van der Waals surface area contributed by atoms with Crippen LogP contribution in [0.15, 0.2) is 24.3 Å². The second-order valence-electron chi connectivity index (χ2n) is 6.22. The standard InChI is InChI=1S/C17H24ClN3O5S/c1-4-26-17(23)20-11-9-19(10-12-20)16(22)13(2)21(27(3,24)25)15-7-5-14(18)6-8-15/h5-8,13H,4,9-12H2,1-3H3/t13-/m0/s1. The van der Waals surface area contributed by atoms with E-state index in [4.69, 9.17) is 16.3 Å². The molecular formula is C17H24ClN3O5S. The lowest BCUT2D eigenvalue weighted by Crippen LogP contribution is -2.56. The topological polar surface area (TPSA) is 87.2 Å². The summed E-state index contributed by atoms with van der Waals surface area (Å²) in [5.41, 5.74) is 0.368. The van der Waals surface area contributed by atoms with Gasteiger partial charge >= 0.3 is 6.09 Å². The number of anilines is 1. The summed E-state index contributed by atoms with van der Waals surface area (Å²) in [6.07, 6.45) is 0.654. The zero-order valence-electron chi connectivity index (χ0n) is 15.6. The van der Waals surface area contributed by atoms with E-state index in [-0.39, 0.29) is 5.91 Å². The molecule has 8 nitrogen and oxygen atoms in total. The maximum absolute atomic E-state index is 12.9. The molecule has 0 N–H and O–H groups in total. The van der Waals surface area contributed by atoms with E-state index in [1.807, 2.05) is 0 Å². The van der Waals surface area contributed by atoms with Gasteiger partial charge in [-0.25, -0.2) is 13.2 Å². The van der Waals surface area contributed by atoms with Gasteiger partial charge in [0.2, 0.25) is 15.9 Å².